The van der Waals surface area contributed by atoms with Crippen LogP contribution in [0.2, 0.25) is 0 Å². The Morgan fingerprint density at radius 3 is 2.50 bits per heavy atom. The number of ether oxygens (including phenoxy) is 1. The fourth-order valence-electron chi connectivity index (χ4n) is 2.07. The van der Waals surface area contributed by atoms with Crippen LogP contribution in [-0.4, -0.2) is 29.2 Å². The van der Waals surface area contributed by atoms with E-state index in [-0.39, 0.29) is 17.2 Å². The molecule has 1 aromatic carbocycles. The third kappa shape index (κ3) is 2.72. The van der Waals surface area contributed by atoms with Crippen molar-refractivity contribution in [2.24, 2.45) is 0 Å². The van der Waals surface area contributed by atoms with Crippen molar-refractivity contribution < 1.29 is 14.3 Å². The molecule has 2 amide bonds. The summed E-state index contributed by atoms with van der Waals surface area (Å²) < 4.78 is 5.20. The van der Waals surface area contributed by atoms with E-state index in [2.05, 4.69) is 0 Å². The zero-order valence-corrected chi connectivity index (χ0v) is 12.8. The first-order chi connectivity index (χ1) is 9.43. The predicted octanol–water partition coefficient (Wildman–Crippen LogP) is 3.45. The number of aryl methyl sites for hydroxylation is 1. The molecule has 4 nitrogen and oxygen atoms in total. The van der Waals surface area contributed by atoms with Crippen molar-refractivity contribution in [3.8, 4) is 5.75 Å². The Bertz CT molecular complexity index is 593. The molecule has 1 aliphatic heterocycles. The molecule has 0 aromatic heterocycles. The Morgan fingerprint density at radius 2 is 2.00 bits per heavy atom. The number of rotatable bonds is 3. The van der Waals surface area contributed by atoms with Gasteiger partial charge < -0.3 is 4.74 Å². The zero-order chi connectivity index (χ0) is 14.9. The number of carbonyl (C=O) groups excluding carboxylic acids is 2. The number of thioether (sulfide) groups is 1. The SMILES string of the molecule is COc1ccc(/C=C2\SC(=O)N(C(C)C)C2=O)cc1C. The first-order valence-corrected chi connectivity index (χ1v) is 7.17. The summed E-state index contributed by atoms with van der Waals surface area (Å²) in [5, 5.41) is -0.207. The summed E-state index contributed by atoms with van der Waals surface area (Å²) in [4.78, 5) is 25.7. The summed E-state index contributed by atoms with van der Waals surface area (Å²) >= 11 is 0.988. The van der Waals surface area contributed by atoms with Gasteiger partial charge in [-0.1, -0.05) is 6.07 Å². The molecule has 0 aliphatic carbocycles. The third-order valence-corrected chi connectivity index (χ3v) is 3.94. The van der Waals surface area contributed by atoms with E-state index < -0.39 is 0 Å². The number of benzene rings is 1. The second-order valence-electron chi connectivity index (χ2n) is 4.87. The zero-order valence-electron chi connectivity index (χ0n) is 12.0. The number of amides is 2. The Hall–Kier alpha value is -1.75. The van der Waals surface area contributed by atoms with Gasteiger partial charge in [-0.3, -0.25) is 14.5 Å². The molecule has 1 heterocycles. The summed E-state index contributed by atoms with van der Waals surface area (Å²) in [5.74, 6) is 0.584. The molecule has 0 radical (unpaired) electrons. The summed E-state index contributed by atoms with van der Waals surface area (Å²) in [7, 11) is 1.62. The average molecular weight is 291 g/mol. The molecule has 1 fully saturated rings. The van der Waals surface area contributed by atoms with Crippen LogP contribution < -0.4 is 4.74 Å². The van der Waals surface area contributed by atoms with E-state index in [0.717, 1.165) is 28.6 Å². The van der Waals surface area contributed by atoms with Crippen LogP contribution in [0.15, 0.2) is 23.1 Å². The fraction of sp³-hybridized carbons (Fsp3) is 0.333. The van der Waals surface area contributed by atoms with Gasteiger partial charge in [0.2, 0.25) is 0 Å². The maximum atomic E-state index is 12.2. The Morgan fingerprint density at radius 1 is 1.30 bits per heavy atom. The topological polar surface area (TPSA) is 46.6 Å². The molecule has 0 saturated carbocycles. The highest BCUT2D eigenvalue weighted by Crippen LogP contribution is 2.33. The van der Waals surface area contributed by atoms with Crippen LogP contribution in [0.5, 0.6) is 5.75 Å². The minimum absolute atomic E-state index is 0.119. The van der Waals surface area contributed by atoms with E-state index in [0.29, 0.717) is 4.91 Å². The number of nitrogens with zero attached hydrogens (tertiary/aromatic N) is 1. The second kappa shape index (κ2) is 5.71. The first-order valence-electron chi connectivity index (χ1n) is 6.35. The number of hydrogen-bond donors (Lipinski definition) is 0. The lowest BCUT2D eigenvalue weighted by atomic mass is 10.1. The van der Waals surface area contributed by atoms with Gasteiger partial charge in [0.05, 0.1) is 12.0 Å². The van der Waals surface area contributed by atoms with Gasteiger partial charge in [-0.2, -0.15) is 0 Å². The molecule has 0 spiro atoms. The van der Waals surface area contributed by atoms with Crippen LogP contribution >= 0.6 is 11.8 Å². The van der Waals surface area contributed by atoms with E-state index in [4.69, 9.17) is 4.74 Å². The van der Waals surface area contributed by atoms with Crippen molar-refractivity contribution in [1.29, 1.82) is 0 Å². The second-order valence-corrected chi connectivity index (χ2v) is 5.87. The van der Waals surface area contributed by atoms with E-state index in [1.807, 2.05) is 39.0 Å². The Balaban J connectivity index is 2.30. The maximum absolute atomic E-state index is 12.2. The fourth-order valence-corrected chi connectivity index (χ4v) is 3.03. The lowest BCUT2D eigenvalue weighted by Gasteiger charge is -2.16. The predicted molar refractivity (Wildman–Crippen MR) is 80.7 cm³/mol. The van der Waals surface area contributed by atoms with E-state index in [9.17, 15) is 9.59 Å². The van der Waals surface area contributed by atoms with E-state index in [1.54, 1.807) is 13.2 Å². The van der Waals surface area contributed by atoms with Gasteiger partial charge in [-0.25, -0.2) is 0 Å². The maximum Gasteiger partial charge on any atom is 0.293 e. The van der Waals surface area contributed by atoms with Gasteiger partial charge in [0.1, 0.15) is 5.75 Å². The van der Waals surface area contributed by atoms with Crippen molar-refractivity contribution in [2.75, 3.05) is 7.11 Å². The minimum Gasteiger partial charge on any atom is -0.496 e. The van der Waals surface area contributed by atoms with Crippen LogP contribution in [0.25, 0.3) is 6.08 Å². The van der Waals surface area contributed by atoms with E-state index >= 15 is 0 Å². The molecule has 1 aromatic rings. The summed E-state index contributed by atoms with van der Waals surface area (Å²) in [5.41, 5.74) is 1.88. The molecule has 20 heavy (non-hydrogen) atoms. The van der Waals surface area contributed by atoms with Crippen LogP contribution in [0.3, 0.4) is 0 Å². The van der Waals surface area contributed by atoms with Gasteiger partial charge in [0.25, 0.3) is 11.1 Å². The molecular weight excluding hydrogens is 274 g/mol. The van der Waals surface area contributed by atoms with Crippen LogP contribution in [0.4, 0.5) is 4.79 Å². The van der Waals surface area contributed by atoms with Gasteiger partial charge in [0.15, 0.2) is 0 Å². The molecule has 106 valence electrons. The minimum atomic E-state index is -0.219. The summed E-state index contributed by atoms with van der Waals surface area (Å²) in [6.07, 6.45) is 1.75. The number of carbonyl (C=O) groups is 2. The van der Waals surface area contributed by atoms with Gasteiger partial charge >= 0.3 is 0 Å². The molecule has 2 rings (SSSR count). The quantitative estimate of drug-likeness (QED) is 0.800. The van der Waals surface area contributed by atoms with Crippen molar-refractivity contribution in [1.82, 2.24) is 4.90 Å². The molecule has 0 N–H and O–H groups in total. The van der Waals surface area contributed by atoms with Gasteiger partial charge in [-0.15, -0.1) is 0 Å². The van der Waals surface area contributed by atoms with E-state index in [1.165, 1.54) is 4.90 Å². The van der Waals surface area contributed by atoms with Crippen molar-refractivity contribution in [3.63, 3.8) is 0 Å². The third-order valence-electron chi connectivity index (χ3n) is 3.06. The van der Waals surface area contributed by atoms with Crippen LogP contribution in [0.1, 0.15) is 25.0 Å². The Labute approximate surface area is 122 Å². The monoisotopic (exact) mass is 291 g/mol. The van der Waals surface area contributed by atoms with Gasteiger partial charge in [0, 0.05) is 6.04 Å². The van der Waals surface area contributed by atoms with Crippen molar-refractivity contribution in [3.05, 3.63) is 34.2 Å². The summed E-state index contributed by atoms with van der Waals surface area (Å²) in [6.45, 7) is 5.60. The van der Waals surface area contributed by atoms with Crippen LogP contribution in [0, 0.1) is 6.92 Å². The normalized spacial score (nSPS) is 17.4. The molecule has 0 bridgehead atoms. The molecule has 0 atom stereocenters. The highest BCUT2D eigenvalue weighted by molar-refractivity contribution is 8.18. The molecule has 5 heteroatoms. The highest BCUT2D eigenvalue weighted by Gasteiger charge is 2.36. The number of imide groups is 1. The van der Waals surface area contributed by atoms with Gasteiger partial charge in [-0.05, 0) is 61.9 Å². The molecular formula is C15H17NO3S. The number of methoxy groups -OCH3 is 1. The highest BCUT2D eigenvalue weighted by atomic mass is 32.2. The van der Waals surface area contributed by atoms with Crippen LogP contribution in [-0.2, 0) is 4.79 Å². The largest absolute Gasteiger partial charge is 0.496 e. The smallest absolute Gasteiger partial charge is 0.293 e. The lowest BCUT2D eigenvalue weighted by molar-refractivity contribution is -0.123. The standard InChI is InChI=1S/C15H17NO3S/c1-9(2)16-14(17)13(20-15(16)18)8-11-5-6-12(19-4)10(3)7-11/h5-9H,1-4H3/b13-8-. The molecule has 1 aliphatic rings. The number of hydrogen-bond acceptors (Lipinski definition) is 4. The van der Waals surface area contributed by atoms with Crippen molar-refractivity contribution in [2.45, 2.75) is 26.8 Å². The lowest BCUT2D eigenvalue weighted by Crippen LogP contribution is -2.34. The summed E-state index contributed by atoms with van der Waals surface area (Å²) in [6, 6.07) is 5.54. The average Bonchev–Trinajstić information content (AvgIpc) is 2.64. The molecule has 0 unspecified atom stereocenters. The Kier molecular flexibility index (Phi) is 4.18. The van der Waals surface area contributed by atoms with Crippen molar-refractivity contribution >= 4 is 29.0 Å². The molecule has 1 saturated heterocycles. The first kappa shape index (κ1) is 14.7.